The summed E-state index contributed by atoms with van der Waals surface area (Å²) in [6.07, 6.45) is 6.74. The van der Waals surface area contributed by atoms with E-state index in [2.05, 4.69) is 31.1 Å². The fraction of sp³-hybridized carbons (Fsp3) is 0.800. The number of hydrogen-bond donors (Lipinski definition) is 1. The SMILES string of the molecule is Cc1ncsc1CCNC1CCCCC1C(C)C. The van der Waals surface area contributed by atoms with Crippen molar-refractivity contribution in [2.45, 2.75) is 58.9 Å². The fourth-order valence-electron chi connectivity index (χ4n) is 3.15. The average molecular weight is 266 g/mol. The van der Waals surface area contributed by atoms with Gasteiger partial charge in [0.15, 0.2) is 0 Å². The lowest BCUT2D eigenvalue weighted by Gasteiger charge is -2.35. The van der Waals surface area contributed by atoms with Gasteiger partial charge in [0.1, 0.15) is 0 Å². The molecule has 3 heteroatoms. The molecular formula is C15H26N2S. The van der Waals surface area contributed by atoms with E-state index in [0.29, 0.717) is 0 Å². The minimum atomic E-state index is 0.743. The standard InChI is InChI=1S/C15H26N2S/c1-11(2)13-6-4-5-7-14(13)16-9-8-15-12(3)17-10-18-15/h10-11,13-14,16H,4-9H2,1-3H3. The van der Waals surface area contributed by atoms with E-state index in [1.54, 1.807) is 11.3 Å². The molecule has 0 bridgehead atoms. The molecule has 1 heterocycles. The fourth-order valence-corrected chi connectivity index (χ4v) is 3.93. The van der Waals surface area contributed by atoms with Crippen molar-refractivity contribution in [1.82, 2.24) is 10.3 Å². The van der Waals surface area contributed by atoms with Crippen molar-refractivity contribution in [3.63, 3.8) is 0 Å². The molecule has 1 aromatic heterocycles. The molecule has 0 aromatic carbocycles. The molecule has 1 N–H and O–H groups in total. The first-order valence-electron chi connectivity index (χ1n) is 7.31. The smallest absolute Gasteiger partial charge is 0.0797 e. The number of rotatable bonds is 5. The molecule has 0 saturated heterocycles. The summed E-state index contributed by atoms with van der Waals surface area (Å²) in [4.78, 5) is 5.76. The Morgan fingerprint density at radius 3 is 2.83 bits per heavy atom. The minimum absolute atomic E-state index is 0.743. The van der Waals surface area contributed by atoms with Crippen LogP contribution in [0.15, 0.2) is 5.51 Å². The van der Waals surface area contributed by atoms with E-state index in [9.17, 15) is 0 Å². The molecule has 0 amide bonds. The summed E-state index contributed by atoms with van der Waals surface area (Å²) in [6, 6.07) is 0.743. The second-order valence-corrected chi connectivity index (χ2v) is 6.80. The molecule has 1 aliphatic rings. The third kappa shape index (κ3) is 3.55. The van der Waals surface area contributed by atoms with Gasteiger partial charge in [-0.05, 0) is 38.0 Å². The molecule has 2 unspecified atom stereocenters. The first kappa shape index (κ1) is 14.0. The summed E-state index contributed by atoms with van der Waals surface area (Å²) in [7, 11) is 0. The Labute approximate surface area is 115 Å². The Morgan fingerprint density at radius 2 is 2.17 bits per heavy atom. The highest BCUT2D eigenvalue weighted by atomic mass is 32.1. The summed E-state index contributed by atoms with van der Waals surface area (Å²) >= 11 is 1.79. The molecule has 0 spiro atoms. The van der Waals surface area contributed by atoms with Crippen LogP contribution in [0.25, 0.3) is 0 Å². The molecule has 0 aliphatic heterocycles. The van der Waals surface area contributed by atoms with Crippen molar-refractivity contribution in [2.75, 3.05) is 6.54 Å². The maximum absolute atomic E-state index is 4.32. The zero-order valence-electron chi connectivity index (χ0n) is 11.9. The van der Waals surface area contributed by atoms with Crippen LogP contribution in [0.3, 0.4) is 0 Å². The number of nitrogens with zero attached hydrogens (tertiary/aromatic N) is 1. The summed E-state index contributed by atoms with van der Waals surface area (Å²) in [5, 5.41) is 3.80. The van der Waals surface area contributed by atoms with E-state index in [0.717, 1.165) is 30.8 Å². The summed E-state index contributed by atoms with van der Waals surface area (Å²) in [5.74, 6) is 1.69. The van der Waals surface area contributed by atoms with Gasteiger partial charge in [0.2, 0.25) is 0 Å². The molecule has 1 saturated carbocycles. The van der Waals surface area contributed by atoms with Gasteiger partial charge in [0.25, 0.3) is 0 Å². The van der Waals surface area contributed by atoms with Crippen molar-refractivity contribution in [3.8, 4) is 0 Å². The number of aromatic nitrogens is 1. The summed E-state index contributed by atoms with van der Waals surface area (Å²) in [5.41, 5.74) is 3.17. The normalized spacial score (nSPS) is 24.7. The zero-order chi connectivity index (χ0) is 13.0. The molecule has 2 atom stereocenters. The lowest BCUT2D eigenvalue weighted by atomic mass is 9.78. The maximum Gasteiger partial charge on any atom is 0.0797 e. The Hall–Kier alpha value is -0.410. The second-order valence-electron chi connectivity index (χ2n) is 5.86. The average Bonchev–Trinajstić information content (AvgIpc) is 2.76. The van der Waals surface area contributed by atoms with E-state index in [1.165, 1.54) is 36.3 Å². The van der Waals surface area contributed by atoms with Crippen LogP contribution in [0.2, 0.25) is 0 Å². The molecule has 0 radical (unpaired) electrons. The van der Waals surface area contributed by atoms with E-state index in [-0.39, 0.29) is 0 Å². The van der Waals surface area contributed by atoms with Gasteiger partial charge >= 0.3 is 0 Å². The summed E-state index contributed by atoms with van der Waals surface area (Å²) < 4.78 is 0. The Bertz CT molecular complexity index is 359. The number of thiazole rings is 1. The van der Waals surface area contributed by atoms with Gasteiger partial charge in [-0.15, -0.1) is 11.3 Å². The van der Waals surface area contributed by atoms with E-state index >= 15 is 0 Å². The van der Waals surface area contributed by atoms with Gasteiger partial charge < -0.3 is 5.32 Å². The molecule has 102 valence electrons. The number of aryl methyl sites for hydroxylation is 1. The van der Waals surface area contributed by atoms with Crippen LogP contribution in [0.1, 0.15) is 50.1 Å². The van der Waals surface area contributed by atoms with Crippen LogP contribution in [0.4, 0.5) is 0 Å². The molecule has 2 nitrogen and oxygen atoms in total. The lowest BCUT2D eigenvalue weighted by Crippen LogP contribution is -2.41. The predicted octanol–water partition coefficient (Wildman–Crippen LogP) is 3.80. The van der Waals surface area contributed by atoms with Crippen LogP contribution in [0, 0.1) is 18.8 Å². The molecule has 2 rings (SSSR count). The number of nitrogens with one attached hydrogen (secondary N) is 1. The van der Waals surface area contributed by atoms with Crippen LogP contribution in [0.5, 0.6) is 0 Å². The van der Waals surface area contributed by atoms with Gasteiger partial charge in [0.05, 0.1) is 11.2 Å². The van der Waals surface area contributed by atoms with E-state index in [1.807, 2.05) is 5.51 Å². The minimum Gasteiger partial charge on any atom is -0.313 e. The largest absolute Gasteiger partial charge is 0.313 e. The van der Waals surface area contributed by atoms with Crippen LogP contribution in [-0.4, -0.2) is 17.6 Å². The molecule has 1 aliphatic carbocycles. The van der Waals surface area contributed by atoms with Crippen molar-refractivity contribution in [2.24, 2.45) is 11.8 Å². The van der Waals surface area contributed by atoms with Gasteiger partial charge in [-0.25, -0.2) is 4.98 Å². The lowest BCUT2D eigenvalue weighted by molar-refractivity contribution is 0.207. The molecular weight excluding hydrogens is 240 g/mol. The number of hydrogen-bond acceptors (Lipinski definition) is 3. The van der Waals surface area contributed by atoms with Gasteiger partial charge in [-0.2, -0.15) is 0 Å². The first-order valence-corrected chi connectivity index (χ1v) is 8.18. The van der Waals surface area contributed by atoms with Crippen molar-refractivity contribution in [3.05, 3.63) is 16.1 Å². The molecule has 1 aromatic rings. The van der Waals surface area contributed by atoms with Crippen LogP contribution < -0.4 is 5.32 Å². The molecule has 18 heavy (non-hydrogen) atoms. The topological polar surface area (TPSA) is 24.9 Å². The van der Waals surface area contributed by atoms with E-state index in [4.69, 9.17) is 0 Å². The predicted molar refractivity (Wildman–Crippen MR) is 79.1 cm³/mol. The highest BCUT2D eigenvalue weighted by Gasteiger charge is 2.26. The monoisotopic (exact) mass is 266 g/mol. The van der Waals surface area contributed by atoms with Gasteiger partial charge in [0, 0.05) is 17.5 Å². The van der Waals surface area contributed by atoms with Gasteiger partial charge in [-0.3, -0.25) is 0 Å². The third-order valence-electron chi connectivity index (χ3n) is 4.28. The summed E-state index contributed by atoms with van der Waals surface area (Å²) in [6.45, 7) is 7.97. The third-order valence-corrected chi connectivity index (χ3v) is 5.27. The van der Waals surface area contributed by atoms with E-state index < -0.39 is 0 Å². The van der Waals surface area contributed by atoms with Crippen molar-refractivity contribution < 1.29 is 0 Å². The highest BCUT2D eigenvalue weighted by Crippen LogP contribution is 2.30. The first-order chi connectivity index (χ1) is 8.68. The maximum atomic E-state index is 4.32. The Morgan fingerprint density at radius 1 is 1.39 bits per heavy atom. The van der Waals surface area contributed by atoms with Gasteiger partial charge in [-0.1, -0.05) is 26.7 Å². The zero-order valence-corrected chi connectivity index (χ0v) is 12.7. The Kier molecular flexibility index (Phi) is 5.19. The van der Waals surface area contributed by atoms with Crippen LogP contribution in [-0.2, 0) is 6.42 Å². The van der Waals surface area contributed by atoms with Crippen molar-refractivity contribution in [1.29, 1.82) is 0 Å². The highest BCUT2D eigenvalue weighted by molar-refractivity contribution is 7.09. The Balaban J connectivity index is 1.79. The van der Waals surface area contributed by atoms with Crippen LogP contribution >= 0.6 is 11.3 Å². The quantitative estimate of drug-likeness (QED) is 0.877. The molecule has 1 fully saturated rings. The second kappa shape index (κ2) is 6.67. The van der Waals surface area contributed by atoms with Crippen molar-refractivity contribution >= 4 is 11.3 Å².